The second kappa shape index (κ2) is 15.3. The van der Waals surface area contributed by atoms with Crippen LogP contribution in [-0.2, 0) is 0 Å². The molecule has 0 heterocycles. The highest BCUT2D eigenvalue weighted by atomic mass is 79.9. The Balaban J connectivity index is 2.28. The van der Waals surface area contributed by atoms with Crippen LogP contribution < -0.4 is 0 Å². The molecule has 0 aromatic heterocycles. The maximum absolute atomic E-state index is 3.53. The summed E-state index contributed by atoms with van der Waals surface area (Å²) in [5, 5.41) is 0. The summed E-state index contributed by atoms with van der Waals surface area (Å²) in [5.41, 5.74) is 0. The summed E-state index contributed by atoms with van der Waals surface area (Å²) in [6, 6.07) is 8.81. The molecule has 0 aliphatic carbocycles. The van der Waals surface area contributed by atoms with Crippen molar-refractivity contribution in [3.63, 3.8) is 0 Å². The molecule has 1 unspecified atom stereocenters. The van der Waals surface area contributed by atoms with E-state index in [1.807, 2.05) is 0 Å². The van der Waals surface area contributed by atoms with E-state index in [0.29, 0.717) is 0 Å². The fraction of sp³-hybridized carbons (Fsp3) is 0.727. The summed E-state index contributed by atoms with van der Waals surface area (Å²) < 4.78 is 1.18. The zero-order valence-electron chi connectivity index (χ0n) is 15.9. The molecule has 1 aromatic rings. The Kier molecular flexibility index (Phi) is 14.1. The fourth-order valence-corrected chi connectivity index (χ4v) is 4.48. The second-order valence-corrected chi connectivity index (χ2v) is 9.05. The molecular weight excluding hydrogens is 376 g/mol. The molecule has 0 amide bonds. The molecule has 1 atom stereocenters. The third-order valence-corrected chi connectivity index (χ3v) is 6.50. The summed E-state index contributed by atoms with van der Waals surface area (Å²) in [5.74, 6) is 2.20. The van der Waals surface area contributed by atoms with E-state index in [4.69, 9.17) is 0 Å². The predicted molar refractivity (Wildman–Crippen MR) is 115 cm³/mol. The van der Waals surface area contributed by atoms with Crippen molar-refractivity contribution in [3.05, 3.63) is 28.7 Å². The quantitative estimate of drug-likeness (QED) is 0.204. The summed E-state index contributed by atoms with van der Waals surface area (Å²) in [7, 11) is 0. The van der Waals surface area contributed by atoms with Gasteiger partial charge < -0.3 is 0 Å². The van der Waals surface area contributed by atoms with Gasteiger partial charge in [0.05, 0.1) is 0 Å². The molecule has 1 rings (SSSR count). The molecule has 0 saturated carbocycles. The Bertz CT molecular complexity index is 387. The topological polar surface area (TPSA) is 0 Å². The van der Waals surface area contributed by atoms with Crippen LogP contribution in [-0.4, -0.2) is 5.75 Å². The van der Waals surface area contributed by atoms with Crippen LogP contribution in [0.2, 0.25) is 0 Å². The zero-order valence-corrected chi connectivity index (χ0v) is 18.3. The number of halogens is 1. The predicted octanol–water partition coefficient (Wildman–Crippen LogP) is 8.88. The maximum Gasteiger partial charge on any atom is 0.0176 e. The van der Waals surface area contributed by atoms with Crippen molar-refractivity contribution in [1.29, 1.82) is 0 Å². The first-order valence-electron chi connectivity index (χ1n) is 10.1. The molecule has 24 heavy (non-hydrogen) atoms. The van der Waals surface area contributed by atoms with Gasteiger partial charge in [-0.15, -0.1) is 11.8 Å². The average Bonchev–Trinajstić information content (AvgIpc) is 2.60. The van der Waals surface area contributed by atoms with Gasteiger partial charge in [0.25, 0.3) is 0 Å². The van der Waals surface area contributed by atoms with Crippen molar-refractivity contribution in [2.24, 2.45) is 5.92 Å². The second-order valence-electron chi connectivity index (χ2n) is 7.04. The Morgan fingerprint density at radius 3 is 1.83 bits per heavy atom. The van der Waals surface area contributed by atoms with E-state index in [1.165, 1.54) is 92.2 Å². The maximum atomic E-state index is 3.53. The van der Waals surface area contributed by atoms with Gasteiger partial charge >= 0.3 is 0 Å². The first kappa shape index (κ1) is 22.1. The van der Waals surface area contributed by atoms with E-state index in [9.17, 15) is 0 Å². The van der Waals surface area contributed by atoms with Crippen molar-refractivity contribution >= 4 is 27.7 Å². The lowest BCUT2D eigenvalue weighted by atomic mass is 9.96. The van der Waals surface area contributed by atoms with Gasteiger partial charge in [0.1, 0.15) is 0 Å². The lowest BCUT2D eigenvalue weighted by Crippen LogP contribution is -2.04. The standard InChI is InChI=1S/C22H37BrS/c1-3-5-7-9-10-12-14-20(13-11-8-6-4-2)19-24-22-17-15-21(23)16-18-22/h15-18,20H,3-14,19H2,1-2H3. The molecule has 0 spiro atoms. The highest BCUT2D eigenvalue weighted by molar-refractivity contribution is 9.10. The van der Waals surface area contributed by atoms with Crippen molar-refractivity contribution in [2.75, 3.05) is 5.75 Å². The van der Waals surface area contributed by atoms with E-state index in [1.54, 1.807) is 0 Å². The lowest BCUT2D eigenvalue weighted by Gasteiger charge is -2.17. The van der Waals surface area contributed by atoms with Crippen molar-refractivity contribution in [1.82, 2.24) is 0 Å². The first-order valence-corrected chi connectivity index (χ1v) is 11.9. The monoisotopic (exact) mass is 412 g/mol. The van der Waals surface area contributed by atoms with Crippen LogP contribution in [0.1, 0.15) is 90.9 Å². The molecule has 0 nitrogen and oxygen atoms in total. The highest BCUT2D eigenvalue weighted by Gasteiger charge is 2.09. The number of unbranched alkanes of at least 4 members (excludes halogenated alkanes) is 8. The van der Waals surface area contributed by atoms with E-state index < -0.39 is 0 Å². The molecule has 0 bridgehead atoms. The van der Waals surface area contributed by atoms with Crippen LogP contribution in [0.3, 0.4) is 0 Å². The van der Waals surface area contributed by atoms with Gasteiger partial charge in [-0.2, -0.15) is 0 Å². The summed E-state index contributed by atoms with van der Waals surface area (Å²) in [4.78, 5) is 1.42. The Morgan fingerprint density at radius 1 is 0.750 bits per heavy atom. The van der Waals surface area contributed by atoms with E-state index >= 15 is 0 Å². The zero-order chi connectivity index (χ0) is 17.5. The van der Waals surface area contributed by atoms with Gasteiger partial charge in [0.15, 0.2) is 0 Å². The fourth-order valence-electron chi connectivity index (χ4n) is 3.13. The molecule has 1 aromatic carbocycles. The van der Waals surface area contributed by atoms with Gasteiger partial charge in [-0.1, -0.05) is 94.0 Å². The van der Waals surface area contributed by atoms with Crippen LogP contribution in [0.4, 0.5) is 0 Å². The molecule has 0 aliphatic rings. The Morgan fingerprint density at radius 2 is 1.25 bits per heavy atom. The number of benzene rings is 1. The molecule has 2 heteroatoms. The molecule has 0 N–H and O–H groups in total. The molecule has 138 valence electrons. The van der Waals surface area contributed by atoms with Crippen molar-refractivity contribution < 1.29 is 0 Å². The summed E-state index contributed by atoms with van der Waals surface area (Å²) in [6.45, 7) is 4.60. The van der Waals surface area contributed by atoms with Crippen LogP contribution in [0.15, 0.2) is 33.6 Å². The lowest BCUT2D eigenvalue weighted by molar-refractivity contribution is 0.440. The molecule has 0 aliphatic heterocycles. The van der Waals surface area contributed by atoms with Gasteiger partial charge in [0, 0.05) is 15.1 Å². The van der Waals surface area contributed by atoms with Gasteiger partial charge in [-0.3, -0.25) is 0 Å². The number of rotatable bonds is 15. The summed E-state index contributed by atoms with van der Waals surface area (Å²) in [6.07, 6.45) is 17.0. The van der Waals surface area contributed by atoms with Crippen LogP contribution >= 0.6 is 27.7 Å². The number of hydrogen-bond donors (Lipinski definition) is 0. The van der Waals surface area contributed by atoms with E-state index in [-0.39, 0.29) is 0 Å². The third-order valence-electron chi connectivity index (χ3n) is 4.73. The SMILES string of the molecule is CCCCCCCCC(CCCCCC)CSc1ccc(Br)cc1. The first-order chi connectivity index (χ1) is 11.8. The minimum absolute atomic E-state index is 0.904. The Labute approximate surface area is 163 Å². The minimum atomic E-state index is 0.904. The van der Waals surface area contributed by atoms with E-state index in [2.05, 4.69) is 65.8 Å². The van der Waals surface area contributed by atoms with Crippen LogP contribution in [0.5, 0.6) is 0 Å². The number of hydrogen-bond acceptors (Lipinski definition) is 1. The summed E-state index contributed by atoms with van der Waals surface area (Å²) >= 11 is 5.58. The van der Waals surface area contributed by atoms with Gasteiger partial charge in [-0.25, -0.2) is 0 Å². The molecule has 0 fully saturated rings. The van der Waals surface area contributed by atoms with E-state index in [0.717, 1.165) is 5.92 Å². The minimum Gasteiger partial charge on any atom is -0.126 e. The van der Waals surface area contributed by atoms with Crippen LogP contribution in [0, 0.1) is 5.92 Å². The molecular formula is C22H37BrS. The third kappa shape index (κ3) is 11.6. The smallest absolute Gasteiger partial charge is 0.0176 e. The molecule has 0 saturated heterocycles. The van der Waals surface area contributed by atoms with Gasteiger partial charge in [-0.05, 0) is 43.0 Å². The van der Waals surface area contributed by atoms with Crippen LogP contribution in [0.25, 0.3) is 0 Å². The van der Waals surface area contributed by atoms with Gasteiger partial charge in [0.2, 0.25) is 0 Å². The Hall–Kier alpha value is 0.0500. The largest absolute Gasteiger partial charge is 0.126 e. The van der Waals surface area contributed by atoms with Crippen molar-refractivity contribution in [3.8, 4) is 0 Å². The normalized spacial score (nSPS) is 12.5. The average molecular weight is 414 g/mol. The van der Waals surface area contributed by atoms with Crippen molar-refractivity contribution in [2.45, 2.75) is 95.8 Å². The molecule has 0 radical (unpaired) electrons. The number of thioether (sulfide) groups is 1. The highest BCUT2D eigenvalue weighted by Crippen LogP contribution is 2.28.